The van der Waals surface area contributed by atoms with E-state index in [4.69, 9.17) is 10.5 Å². The van der Waals surface area contributed by atoms with Crippen LogP contribution in [0.3, 0.4) is 0 Å². The molecule has 2 heteroatoms. The zero-order valence-corrected chi connectivity index (χ0v) is 12.5. The summed E-state index contributed by atoms with van der Waals surface area (Å²) in [6.45, 7) is 4.61. The highest BCUT2D eigenvalue weighted by Gasteiger charge is 2.34. The molecule has 0 aromatic heterocycles. The fourth-order valence-corrected chi connectivity index (χ4v) is 3.49. The Labute approximate surface area is 117 Å². The zero-order chi connectivity index (χ0) is 13.9. The first-order valence-electron chi connectivity index (χ1n) is 7.47. The number of hydrogen-bond acceptors (Lipinski definition) is 2. The minimum atomic E-state index is -0.160. The van der Waals surface area contributed by atoms with Crippen molar-refractivity contribution in [3.05, 3.63) is 29.8 Å². The highest BCUT2D eigenvalue weighted by Crippen LogP contribution is 2.40. The van der Waals surface area contributed by atoms with Gasteiger partial charge in [0.05, 0.1) is 7.11 Å². The van der Waals surface area contributed by atoms with Crippen LogP contribution in [0.4, 0.5) is 0 Å². The largest absolute Gasteiger partial charge is 0.497 e. The van der Waals surface area contributed by atoms with Crippen molar-refractivity contribution in [1.82, 2.24) is 0 Å². The van der Waals surface area contributed by atoms with Crippen LogP contribution in [0.25, 0.3) is 0 Å². The molecule has 2 rings (SSSR count). The van der Waals surface area contributed by atoms with Crippen molar-refractivity contribution in [2.45, 2.75) is 51.5 Å². The van der Waals surface area contributed by atoms with Crippen LogP contribution in [0, 0.1) is 11.8 Å². The van der Waals surface area contributed by atoms with E-state index in [0.29, 0.717) is 0 Å². The molecule has 1 fully saturated rings. The molecule has 1 aromatic carbocycles. The Kier molecular flexibility index (Phi) is 4.51. The van der Waals surface area contributed by atoms with E-state index < -0.39 is 0 Å². The smallest absolute Gasteiger partial charge is 0.119 e. The lowest BCUT2D eigenvalue weighted by atomic mass is 9.70. The van der Waals surface area contributed by atoms with Crippen molar-refractivity contribution in [3.8, 4) is 5.75 Å². The molecular formula is C17H27NO. The van der Waals surface area contributed by atoms with Gasteiger partial charge in [-0.25, -0.2) is 0 Å². The molecule has 0 saturated heterocycles. The van der Waals surface area contributed by atoms with E-state index in [9.17, 15) is 0 Å². The lowest BCUT2D eigenvalue weighted by Gasteiger charge is -2.39. The molecule has 0 bridgehead atoms. The first kappa shape index (κ1) is 14.4. The highest BCUT2D eigenvalue weighted by atomic mass is 16.5. The van der Waals surface area contributed by atoms with Gasteiger partial charge in [0, 0.05) is 5.54 Å². The molecule has 1 aliphatic carbocycles. The maximum atomic E-state index is 6.71. The van der Waals surface area contributed by atoms with Gasteiger partial charge in [0.2, 0.25) is 0 Å². The number of methoxy groups -OCH3 is 1. The summed E-state index contributed by atoms with van der Waals surface area (Å²) < 4.78 is 5.33. The topological polar surface area (TPSA) is 35.2 Å². The first-order valence-corrected chi connectivity index (χ1v) is 7.47. The van der Waals surface area contributed by atoms with Gasteiger partial charge in [-0.05, 0) is 48.8 Å². The van der Waals surface area contributed by atoms with Crippen molar-refractivity contribution in [2.75, 3.05) is 7.11 Å². The molecule has 0 amide bonds. The number of rotatable bonds is 4. The third-order valence-electron chi connectivity index (χ3n) is 4.34. The van der Waals surface area contributed by atoms with Gasteiger partial charge in [-0.1, -0.05) is 38.8 Å². The summed E-state index contributed by atoms with van der Waals surface area (Å²) in [5, 5.41) is 0. The van der Waals surface area contributed by atoms with E-state index in [1.165, 1.54) is 24.8 Å². The van der Waals surface area contributed by atoms with E-state index in [0.717, 1.165) is 30.4 Å². The van der Waals surface area contributed by atoms with Gasteiger partial charge < -0.3 is 10.5 Å². The fourth-order valence-electron chi connectivity index (χ4n) is 3.49. The Morgan fingerprint density at radius 3 is 2.89 bits per heavy atom. The number of benzene rings is 1. The van der Waals surface area contributed by atoms with E-state index in [2.05, 4.69) is 32.0 Å². The van der Waals surface area contributed by atoms with Crippen LogP contribution >= 0.6 is 0 Å². The Morgan fingerprint density at radius 1 is 1.42 bits per heavy atom. The van der Waals surface area contributed by atoms with E-state index >= 15 is 0 Å². The summed E-state index contributed by atoms with van der Waals surface area (Å²) in [6, 6.07) is 8.30. The van der Waals surface area contributed by atoms with Gasteiger partial charge >= 0.3 is 0 Å². The van der Waals surface area contributed by atoms with Gasteiger partial charge in [0.1, 0.15) is 5.75 Å². The van der Waals surface area contributed by atoms with Gasteiger partial charge in [-0.2, -0.15) is 0 Å². The number of ether oxygens (including phenoxy) is 1. The Balaban J connectivity index is 2.16. The lowest BCUT2D eigenvalue weighted by Crippen LogP contribution is -2.41. The van der Waals surface area contributed by atoms with E-state index in [1.54, 1.807) is 7.11 Å². The van der Waals surface area contributed by atoms with Crippen molar-refractivity contribution in [3.63, 3.8) is 0 Å². The van der Waals surface area contributed by atoms with E-state index in [-0.39, 0.29) is 5.54 Å². The fraction of sp³-hybridized carbons (Fsp3) is 0.647. The Hall–Kier alpha value is -1.02. The molecule has 19 heavy (non-hydrogen) atoms. The quantitative estimate of drug-likeness (QED) is 0.886. The van der Waals surface area contributed by atoms with E-state index in [1.807, 2.05) is 6.07 Å². The van der Waals surface area contributed by atoms with Crippen LogP contribution < -0.4 is 10.5 Å². The molecule has 1 aromatic rings. The molecule has 0 aliphatic heterocycles. The van der Waals surface area contributed by atoms with Crippen molar-refractivity contribution < 1.29 is 4.74 Å². The second kappa shape index (κ2) is 5.96. The van der Waals surface area contributed by atoms with Gasteiger partial charge in [0.25, 0.3) is 0 Å². The molecule has 2 N–H and O–H groups in total. The highest BCUT2D eigenvalue weighted by molar-refractivity contribution is 5.33. The summed E-state index contributed by atoms with van der Waals surface area (Å²) in [7, 11) is 1.71. The Bertz CT molecular complexity index is 415. The van der Waals surface area contributed by atoms with Crippen molar-refractivity contribution in [2.24, 2.45) is 17.6 Å². The molecule has 0 radical (unpaired) electrons. The summed E-state index contributed by atoms with van der Waals surface area (Å²) in [4.78, 5) is 0. The van der Waals surface area contributed by atoms with Gasteiger partial charge in [-0.15, -0.1) is 0 Å². The zero-order valence-electron chi connectivity index (χ0n) is 12.5. The molecule has 0 spiro atoms. The number of nitrogens with two attached hydrogens (primary N) is 1. The third-order valence-corrected chi connectivity index (χ3v) is 4.34. The van der Waals surface area contributed by atoms with Crippen LogP contribution in [-0.2, 0) is 5.54 Å². The predicted molar refractivity (Wildman–Crippen MR) is 80.3 cm³/mol. The van der Waals surface area contributed by atoms with Gasteiger partial charge in [-0.3, -0.25) is 0 Å². The van der Waals surface area contributed by atoms with Crippen LogP contribution in [0.15, 0.2) is 24.3 Å². The summed E-state index contributed by atoms with van der Waals surface area (Å²) >= 11 is 0. The first-order chi connectivity index (χ1) is 9.03. The average Bonchev–Trinajstić information content (AvgIpc) is 2.38. The van der Waals surface area contributed by atoms with Crippen LogP contribution in [0.5, 0.6) is 5.75 Å². The SMILES string of the molecule is COc1cccc(C2(N)CCCC(CC(C)C)C2)c1. The maximum Gasteiger partial charge on any atom is 0.119 e. The van der Waals surface area contributed by atoms with Gasteiger partial charge in [0.15, 0.2) is 0 Å². The lowest BCUT2D eigenvalue weighted by molar-refractivity contribution is 0.202. The van der Waals surface area contributed by atoms with Crippen molar-refractivity contribution in [1.29, 1.82) is 0 Å². The maximum absolute atomic E-state index is 6.71. The predicted octanol–water partition coefficient (Wildman–Crippen LogP) is 4.09. The standard InChI is InChI=1S/C17H27NO/c1-13(2)10-14-6-5-9-17(18,12-14)15-7-4-8-16(11-15)19-3/h4,7-8,11,13-14H,5-6,9-10,12,18H2,1-3H3. The summed E-state index contributed by atoms with van der Waals surface area (Å²) in [5.74, 6) is 2.44. The summed E-state index contributed by atoms with van der Waals surface area (Å²) in [6.07, 6.45) is 6.07. The second-order valence-electron chi connectivity index (χ2n) is 6.48. The average molecular weight is 261 g/mol. The molecule has 2 atom stereocenters. The van der Waals surface area contributed by atoms with Crippen LogP contribution in [0.1, 0.15) is 51.5 Å². The molecule has 1 saturated carbocycles. The third kappa shape index (κ3) is 3.50. The molecule has 2 nitrogen and oxygen atoms in total. The minimum absolute atomic E-state index is 0.160. The minimum Gasteiger partial charge on any atom is -0.497 e. The number of hydrogen-bond donors (Lipinski definition) is 1. The Morgan fingerprint density at radius 2 is 2.21 bits per heavy atom. The van der Waals surface area contributed by atoms with Crippen LogP contribution in [-0.4, -0.2) is 7.11 Å². The summed E-state index contributed by atoms with van der Waals surface area (Å²) in [5.41, 5.74) is 7.79. The monoisotopic (exact) mass is 261 g/mol. The van der Waals surface area contributed by atoms with Crippen molar-refractivity contribution >= 4 is 0 Å². The molecule has 106 valence electrons. The molecule has 2 unspecified atom stereocenters. The molecule has 0 heterocycles. The second-order valence-corrected chi connectivity index (χ2v) is 6.48. The molecular weight excluding hydrogens is 234 g/mol. The van der Waals surface area contributed by atoms with Crippen LogP contribution in [0.2, 0.25) is 0 Å². The normalized spacial score (nSPS) is 27.5. The molecule has 1 aliphatic rings.